The van der Waals surface area contributed by atoms with E-state index in [9.17, 15) is 0 Å². The summed E-state index contributed by atoms with van der Waals surface area (Å²) in [6.45, 7) is 1.70. The van der Waals surface area contributed by atoms with Crippen molar-refractivity contribution >= 4 is 11.6 Å². The SMILES string of the molecule is Clc1ccc(OCCC2CC2)c(CNC2CC2)c1. The van der Waals surface area contributed by atoms with Crippen LogP contribution in [0.1, 0.15) is 37.7 Å². The molecule has 0 bridgehead atoms. The highest BCUT2D eigenvalue weighted by Gasteiger charge is 2.22. The Morgan fingerprint density at radius 3 is 2.78 bits per heavy atom. The Bertz CT molecular complexity index is 413. The first-order chi connectivity index (χ1) is 8.81. The van der Waals surface area contributed by atoms with Crippen molar-refractivity contribution in [3.8, 4) is 5.75 Å². The minimum absolute atomic E-state index is 0.711. The normalized spacial score (nSPS) is 18.9. The van der Waals surface area contributed by atoms with Crippen molar-refractivity contribution in [2.75, 3.05) is 6.61 Å². The second-order valence-corrected chi connectivity index (χ2v) is 5.92. The third kappa shape index (κ3) is 3.63. The second kappa shape index (κ2) is 5.50. The molecule has 0 radical (unpaired) electrons. The predicted octanol–water partition coefficient (Wildman–Crippen LogP) is 3.77. The van der Waals surface area contributed by atoms with E-state index in [1.807, 2.05) is 18.2 Å². The van der Waals surface area contributed by atoms with Gasteiger partial charge in [0.2, 0.25) is 0 Å². The lowest BCUT2D eigenvalue weighted by Gasteiger charge is -2.12. The molecule has 1 aromatic rings. The molecule has 3 heteroatoms. The zero-order chi connectivity index (χ0) is 12.4. The molecule has 1 N–H and O–H groups in total. The van der Waals surface area contributed by atoms with Crippen molar-refractivity contribution in [1.82, 2.24) is 5.32 Å². The van der Waals surface area contributed by atoms with E-state index < -0.39 is 0 Å². The summed E-state index contributed by atoms with van der Waals surface area (Å²) in [5.41, 5.74) is 1.19. The molecule has 0 unspecified atom stereocenters. The highest BCUT2D eigenvalue weighted by molar-refractivity contribution is 6.30. The van der Waals surface area contributed by atoms with Crippen LogP contribution in [0.4, 0.5) is 0 Å². The molecule has 2 fully saturated rings. The van der Waals surface area contributed by atoms with Gasteiger partial charge in [-0.1, -0.05) is 24.4 Å². The van der Waals surface area contributed by atoms with Gasteiger partial charge in [0, 0.05) is 23.2 Å². The van der Waals surface area contributed by atoms with Gasteiger partial charge in [-0.05, 0) is 43.4 Å². The van der Waals surface area contributed by atoms with Gasteiger partial charge in [0.05, 0.1) is 6.61 Å². The van der Waals surface area contributed by atoms with Crippen molar-refractivity contribution in [1.29, 1.82) is 0 Å². The molecular formula is C15H20ClNO. The fourth-order valence-corrected chi connectivity index (χ4v) is 2.31. The molecule has 0 atom stereocenters. The van der Waals surface area contributed by atoms with E-state index in [1.54, 1.807) is 0 Å². The van der Waals surface area contributed by atoms with Gasteiger partial charge in [-0.15, -0.1) is 0 Å². The van der Waals surface area contributed by atoms with Crippen LogP contribution >= 0.6 is 11.6 Å². The van der Waals surface area contributed by atoms with Crippen LogP contribution in [0, 0.1) is 5.92 Å². The van der Waals surface area contributed by atoms with Gasteiger partial charge in [-0.3, -0.25) is 0 Å². The number of nitrogens with one attached hydrogen (secondary N) is 1. The second-order valence-electron chi connectivity index (χ2n) is 5.49. The lowest BCUT2D eigenvalue weighted by molar-refractivity contribution is 0.299. The zero-order valence-corrected chi connectivity index (χ0v) is 11.4. The Morgan fingerprint density at radius 1 is 1.22 bits per heavy atom. The Balaban J connectivity index is 1.57. The van der Waals surface area contributed by atoms with Gasteiger partial charge in [0.25, 0.3) is 0 Å². The predicted molar refractivity (Wildman–Crippen MR) is 74.1 cm³/mol. The number of rotatable bonds is 7. The fourth-order valence-electron chi connectivity index (χ4n) is 2.11. The van der Waals surface area contributed by atoms with Crippen LogP contribution in [-0.4, -0.2) is 12.6 Å². The van der Waals surface area contributed by atoms with Crippen LogP contribution in [0.25, 0.3) is 0 Å². The van der Waals surface area contributed by atoms with E-state index in [0.29, 0.717) is 6.04 Å². The molecule has 1 aromatic carbocycles. The van der Waals surface area contributed by atoms with Gasteiger partial charge in [0.1, 0.15) is 5.75 Å². The summed E-state index contributed by atoms with van der Waals surface area (Å²) in [7, 11) is 0. The molecule has 0 heterocycles. The first kappa shape index (κ1) is 12.3. The summed E-state index contributed by atoms with van der Waals surface area (Å²) >= 11 is 6.06. The van der Waals surface area contributed by atoms with Gasteiger partial charge in [0.15, 0.2) is 0 Å². The molecule has 0 saturated heterocycles. The van der Waals surface area contributed by atoms with Crippen molar-refractivity contribution < 1.29 is 4.74 Å². The average Bonchev–Trinajstić information content (AvgIpc) is 3.24. The molecule has 0 amide bonds. The maximum absolute atomic E-state index is 6.06. The first-order valence-corrected chi connectivity index (χ1v) is 7.33. The quantitative estimate of drug-likeness (QED) is 0.810. The minimum atomic E-state index is 0.711. The Morgan fingerprint density at radius 2 is 2.06 bits per heavy atom. The number of hydrogen-bond acceptors (Lipinski definition) is 2. The Hall–Kier alpha value is -0.730. The summed E-state index contributed by atoms with van der Waals surface area (Å²) in [6.07, 6.45) is 6.58. The highest BCUT2D eigenvalue weighted by atomic mass is 35.5. The molecule has 0 aliphatic heterocycles. The first-order valence-electron chi connectivity index (χ1n) is 6.96. The van der Waals surface area contributed by atoms with E-state index in [2.05, 4.69) is 5.32 Å². The van der Waals surface area contributed by atoms with Crippen molar-refractivity contribution in [2.45, 2.75) is 44.7 Å². The summed E-state index contributed by atoms with van der Waals surface area (Å²) in [5.74, 6) is 1.92. The zero-order valence-electron chi connectivity index (χ0n) is 10.6. The van der Waals surface area contributed by atoms with Gasteiger partial charge < -0.3 is 10.1 Å². The van der Waals surface area contributed by atoms with Crippen LogP contribution in [0.2, 0.25) is 5.02 Å². The Kier molecular flexibility index (Phi) is 3.76. The van der Waals surface area contributed by atoms with Crippen LogP contribution in [0.3, 0.4) is 0 Å². The van der Waals surface area contributed by atoms with E-state index in [1.165, 1.54) is 37.7 Å². The topological polar surface area (TPSA) is 21.3 Å². The number of halogens is 1. The van der Waals surface area contributed by atoms with Crippen LogP contribution in [-0.2, 0) is 6.54 Å². The van der Waals surface area contributed by atoms with Crippen molar-refractivity contribution in [3.63, 3.8) is 0 Å². The number of hydrogen-bond donors (Lipinski definition) is 1. The van der Waals surface area contributed by atoms with Crippen molar-refractivity contribution in [3.05, 3.63) is 28.8 Å². The molecule has 2 nitrogen and oxygen atoms in total. The van der Waals surface area contributed by atoms with E-state index >= 15 is 0 Å². The molecule has 0 aromatic heterocycles. The lowest BCUT2D eigenvalue weighted by atomic mass is 10.2. The number of benzene rings is 1. The molecule has 2 aliphatic rings. The molecule has 2 saturated carbocycles. The van der Waals surface area contributed by atoms with Gasteiger partial charge >= 0.3 is 0 Å². The van der Waals surface area contributed by atoms with Crippen LogP contribution in [0.15, 0.2) is 18.2 Å². The molecule has 2 aliphatic carbocycles. The summed E-state index contributed by atoms with van der Waals surface area (Å²) in [5, 5.41) is 4.30. The van der Waals surface area contributed by atoms with E-state index in [-0.39, 0.29) is 0 Å². The third-order valence-corrected chi connectivity index (χ3v) is 3.90. The van der Waals surface area contributed by atoms with Crippen LogP contribution < -0.4 is 10.1 Å². The minimum Gasteiger partial charge on any atom is -0.493 e. The largest absolute Gasteiger partial charge is 0.493 e. The summed E-state index contributed by atoms with van der Waals surface area (Å²) in [6, 6.07) is 6.64. The summed E-state index contributed by atoms with van der Waals surface area (Å²) < 4.78 is 5.90. The van der Waals surface area contributed by atoms with E-state index in [4.69, 9.17) is 16.3 Å². The standard InChI is InChI=1S/C15H20ClNO/c16-13-3-6-15(18-8-7-11-1-2-11)12(9-13)10-17-14-4-5-14/h3,6,9,11,14,17H,1-2,4-5,7-8,10H2. The Labute approximate surface area is 114 Å². The highest BCUT2D eigenvalue weighted by Crippen LogP contribution is 2.33. The maximum atomic E-state index is 6.06. The average molecular weight is 266 g/mol. The summed E-state index contributed by atoms with van der Waals surface area (Å²) in [4.78, 5) is 0. The van der Waals surface area contributed by atoms with Crippen molar-refractivity contribution in [2.24, 2.45) is 5.92 Å². The maximum Gasteiger partial charge on any atom is 0.123 e. The van der Waals surface area contributed by atoms with Gasteiger partial charge in [-0.25, -0.2) is 0 Å². The number of ether oxygens (including phenoxy) is 1. The fraction of sp³-hybridized carbons (Fsp3) is 0.600. The molecule has 3 rings (SSSR count). The molecular weight excluding hydrogens is 246 g/mol. The van der Waals surface area contributed by atoms with E-state index in [0.717, 1.165) is 29.8 Å². The van der Waals surface area contributed by atoms with Gasteiger partial charge in [-0.2, -0.15) is 0 Å². The molecule has 0 spiro atoms. The monoisotopic (exact) mass is 265 g/mol. The molecule has 98 valence electrons. The smallest absolute Gasteiger partial charge is 0.123 e. The lowest BCUT2D eigenvalue weighted by Crippen LogP contribution is -2.16. The molecule has 18 heavy (non-hydrogen) atoms. The van der Waals surface area contributed by atoms with Crippen LogP contribution in [0.5, 0.6) is 5.75 Å². The third-order valence-electron chi connectivity index (χ3n) is 3.66.